The van der Waals surface area contributed by atoms with Crippen LogP contribution < -0.4 is 15.1 Å². The number of hydrogen-bond donors (Lipinski definition) is 0. The fourth-order valence-electron chi connectivity index (χ4n) is 3.70. The van der Waals surface area contributed by atoms with E-state index in [1.54, 1.807) is 26.4 Å². The second-order valence-electron chi connectivity index (χ2n) is 6.96. The Labute approximate surface area is 176 Å². The van der Waals surface area contributed by atoms with Gasteiger partial charge in [0, 0.05) is 17.0 Å². The van der Waals surface area contributed by atoms with Gasteiger partial charge < -0.3 is 13.9 Å². The topological polar surface area (TPSA) is 92.3 Å². The molecule has 0 fully saturated rings. The average Bonchev–Trinajstić information content (AvgIpc) is 3.26. The summed E-state index contributed by atoms with van der Waals surface area (Å²) in [7, 11) is 3.15. The number of aromatic nitrogens is 4. The number of hydrogen-bond acceptors (Lipinski definition) is 7. The Morgan fingerprint density at radius 3 is 2.65 bits per heavy atom. The Bertz CT molecular complexity index is 1470. The molecule has 0 spiro atoms. The number of nitrogens with zero attached hydrogens (tertiary/aromatic N) is 4. The summed E-state index contributed by atoms with van der Waals surface area (Å²) in [4.78, 5) is 13.6. The fraction of sp³-hybridized carbons (Fsp3) is 0.130. The van der Waals surface area contributed by atoms with Crippen LogP contribution in [0.25, 0.3) is 33.1 Å². The van der Waals surface area contributed by atoms with E-state index in [0.29, 0.717) is 22.9 Å². The molecule has 2 heterocycles. The van der Waals surface area contributed by atoms with E-state index in [0.717, 1.165) is 27.3 Å². The monoisotopic (exact) mass is 414 g/mol. The van der Waals surface area contributed by atoms with Crippen LogP contribution in [0.5, 0.6) is 11.5 Å². The lowest BCUT2D eigenvalue weighted by atomic mass is 10.0. The largest absolute Gasteiger partial charge is 0.493 e. The molecular weight excluding hydrogens is 396 g/mol. The molecular formula is C23H18N4O4. The van der Waals surface area contributed by atoms with Gasteiger partial charge in [-0.15, -0.1) is 10.2 Å². The highest BCUT2D eigenvalue weighted by molar-refractivity contribution is 6.07. The van der Waals surface area contributed by atoms with Crippen molar-refractivity contribution in [2.24, 2.45) is 0 Å². The molecule has 8 nitrogen and oxygen atoms in total. The Morgan fingerprint density at radius 2 is 1.81 bits per heavy atom. The Balaban J connectivity index is 1.57. The van der Waals surface area contributed by atoms with Crippen LogP contribution in [0.15, 0.2) is 69.9 Å². The third-order valence-electron chi connectivity index (χ3n) is 5.12. The van der Waals surface area contributed by atoms with Crippen LogP contribution in [0.1, 0.15) is 5.56 Å². The van der Waals surface area contributed by atoms with Crippen molar-refractivity contribution in [2.75, 3.05) is 14.2 Å². The molecule has 2 aromatic heterocycles. The van der Waals surface area contributed by atoms with E-state index in [2.05, 4.69) is 15.4 Å². The molecule has 0 saturated carbocycles. The van der Waals surface area contributed by atoms with Gasteiger partial charge in [-0.2, -0.15) is 4.80 Å². The number of rotatable bonds is 5. The van der Waals surface area contributed by atoms with Crippen molar-refractivity contribution in [3.8, 4) is 22.9 Å². The zero-order valence-corrected chi connectivity index (χ0v) is 16.9. The first-order valence-electron chi connectivity index (χ1n) is 9.61. The van der Waals surface area contributed by atoms with E-state index < -0.39 is 5.63 Å². The zero-order valence-electron chi connectivity index (χ0n) is 16.9. The molecule has 0 bridgehead atoms. The van der Waals surface area contributed by atoms with E-state index >= 15 is 0 Å². The van der Waals surface area contributed by atoms with Crippen molar-refractivity contribution >= 4 is 21.7 Å². The first-order valence-corrected chi connectivity index (χ1v) is 9.61. The standard InChI is InChI=1S/C23H18N4O4/c1-29-18-9-8-15(11-20(18)30-2)23-24-26-27(25-23)13-16-12-21(28)31-19-10-7-14-5-3-4-6-17(14)22(16)19/h3-12H,13H2,1-2H3. The summed E-state index contributed by atoms with van der Waals surface area (Å²) in [5.41, 5.74) is 1.62. The minimum Gasteiger partial charge on any atom is -0.493 e. The van der Waals surface area contributed by atoms with Crippen LogP contribution >= 0.6 is 0 Å². The highest BCUT2D eigenvalue weighted by atomic mass is 16.5. The second kappa shape index (κ2) is 7.56. The van der Waals surface area contributed by atoms with E-state index in [-0.39, 0.29) is 6.54 Å². The molecule has 0 atom stereocenters. The molecule has 8 heteroatoms. The smallest absolute Gasteiger partial charge is 0.336 e. The maximum absolute atomic E-state index is 12.1. The molecule has 0 N–H and O–H groups in total. The first kappa shape index (κ1) is 18.8. The average molecular weight is 414 g/mol. The molecule has 31 heavy (non-hydrogen) atoms. The predicted octanol–water partition coefficient (Wildman–Crippen LogP) is 3.67. The van der Waals surface area contributed by atoms with Crippen molar-refractivity contribution in [3.63, 3.8) is 0 Å². The van der Waals surface area contributed by atoms with Gasteiger partial charge >= 0.3 is 5.63 Å². The van der Waals surface area contributed by atoms with Crippen LogP contribution in [-0.2, 0) is 6.54 Å². The van der Waals surface area contributed by atoms with Crippen LogP contribution in [0.4, 0.5) is 0 Å². The molecule has 0 unspecified atom stereocenters. The minimum atomic E-state index is -0.419. The number of tetrazole rings is 1. The Kier molecular flexibility index (Phi) is 4.59. The maximum atomic E-state index is 12.1. The van der Waals surface area contributed by atoms with E-state index in [4.69, 9.17) is 13.9 Å². The molecule has 5 aromatic rings. The highest BCUT2D eigenvalue weighted by Crippen LogP contribution is 2.31. The third-order valence-corrected chi connectivity index (χ3v) is 5.12. The summed E-state index contributed by atoms with van der Waals surface area (Å²) in [6, 6.07) is 18.6. The molecule has 0 amide bonds. The molecule has 0 aliphatic heterocycles. The summed E-state index contributed by atoms with van der Waals surface area (Å²) >= 11 is 0. The van der Waals surface area contributed by atoms with Crippen LogP contribution in [0, 0.1) is 0 Å². The molecule has 154 valence electrons. The zero-order chi connectivity index (χ0) is 21.4. The maximum Gasteiger partial charge on any atom is 0.336 e. The minimum absolute atomic E-state index is 0.274. The van der Waals surface area contributed by atoms with Gasteiger partial charge in [-0.05, 0) is 45.8 Å². The SMILES string of the molecule is COc1ccc(-c2nnn(Cc3cc(=O)oc4ccc5ccccc5c34)n2)cc1OC. The van der Waals surface area contributed by atoms with Crippen LogP contribution in [0.2, 0.25) is 0 Å². The predicted molar refractivity (Wildman–Crippen MR) is 115 cm³/mol. The second-order valence-corrected chi connectivity index (χ2v) is 6.96. The molecule has 5 rings (SSSR count). The van der Waals surface area contributed by atoms with Gasteiger partial charge in [0.15, 0.2) is 11.5 Å². The molecule has 0 aliphatic rings. The van der Waals surface area contributed by atoms with Crippen molar-refractivity contribution in [1.82, 2.24) is 20.2 Å². The Morgan fingerprint density at radius 1 is 0.968 bits per heavy atom. The lowest BCUT2D eigenvalue weighted by molar-refractivity contribution is 0.355. The van der Waals surface area contributed by atoms with Gasteiger partial charge in [0.25, 0.3) is 0 Å². The van der Waals surface area contributed by atoms with Crippen molar-refractivity contribution in [3.05, 3.63) is 76.6 Å². The quantitative estimate of drug-likeness (QED) is 0.320. The van der Waals surface area contributed by atoms with Crippen molar-refractivity contribution in [1.29, 1.82) is 0 Å². The number of benzene rings is 3. The van der Waals surface area contributed by atoms with Gasteiger partial charge in [0.2, 0.25) is 5.82 Å². The van der Waals surface area contributed by atoms with Gasteiger partial charge in [-0.3, -0.25) is 0 Å². The summed E-state index contributed by atoms with van der Waals surface area (Å²) in [6.07, 6.45) is 0. The normalized spacial score (nSPS) is 11.2. The number of methoxy groups -OCH3 is 2. The highest BCUT2D eigenvalue weighted by Gasteiger charge is 2.14. The van der Waals surface area contributed by atoms with E-state index in [9.17, 15) is 4.79 Å². The first-order chi connectivity index (χ1) is 15.2. The Hall–Kier alpha value is -4.20. The molecule has 0 radical (unpaired) electrons. The lowest BCUT2D eigenvalue weighted by Crippen LogP contribution is -2.08. The number of fused-ring (bicyclic) bond motifs is 3. The van der Waals surface area contributed by atoms with Crippen molar-refractivity contribution < 1.29 is 13.9 Å². The third kappa shape index (κ3) is 3.38. The van der Waals surface area contributed by atoms with Gasteiger partial charge in [0.1, 0.15) is 5.58 Å². The van der Waals surface area contributed by atoms with Gasteiger partial charge in [0.05, 0.1) is 20.8 Å². The summed E-state index contributed by atoms with van der Waals surface area (Å²) in [5, 5.41) is 15.7. The van der Waals surface area contributed by atoms with E-state index in [1.165, 1.54) is 10.9 Å². The summed E-state index contributed by atoms with van der Waals surface area (Å²) in [6.45, 7) is 0.274. The number of ether oxygens (including phenoxy) is 2. The molecule has 0 saturated heterocycles. The molecule has 0 aliphatic carbocycles. The molecule has 3 aromatic carbocycles. The van der Waals surface area contributed by atoms with Crippen LogP contribution in [-0.4, -0.2) is 34.4 Å². The van der Waals surface area contributed by atoms with Crippen LogP contribution in [0.3, 0.4) is 0 Å². The van der Waals surface area contributed by atoms with Gasteiger partial charge in [-0.25, -0.2) is 4.79 Å². The fourth-order valence-corrected chi connectivity index (χ4v) is 3.70. The summed E-state index contributed by atoms with van der Waals surface area (Å²) < 4.78 is 16.0. The van der Waals surface area contributed by atoms with Gasteiger partial charge in [-0.1, -0.05) is 30.3 Å². The lowest BCUT2D eigenvalue weighted by Gasteiger charge is -2.08. The van der Waals surface area contributed by atoms with E-state index in [1.807, 2.05) is 42.5 Å². The summed E-state index contributed by atoms with van der Waals surface area (Å²) in [5.74, 6) is 1.64. The van der Waals surface area contributed by atoms with Crippen molar-refractivity contribution in [2.45, 2.75) is 6.54 Å².